The standard InChI is InChI=1S/C34H32ClFN4O2/c1-23-9-12-29(13-10-23)40-34(30-21-26(35)11-18-32(30)42-22-25-7-3-4-8-31(25)36)39(33(37-40)24(2)41)28-16-14-27(15-17-28)38-19-5-6-20-38/h3-4,7-18,21,34H,5-6,19-20,22H2,1-2H3. The molecule has 214 valence electrons. The number of amidine groups is 1. The summed E-state index contributed by atoms with van der Waals surface area (Å²) in [6.45, 7) is 5.66. The highest BCUT2D eigenvalue weighted by Gasteiger charge is 2.41. The summed E-state index contributed by atoms with van der Waals surface area (Å²) >= 11 is 6.58. The van der Waals surface area contributed by atoms with Crippen LogP contribution >= 0.6 is 11.6 Å². The zero-order valence-corrected chi connectivity index (χ0v) is 24.4. The van der Waals surface area contributed by atoms with E-state index in [-0.39, 0.29) is 18.2 Å². The van der Waals surface area contributed by atoms with E-state index in [1.165, 1.54) is 25.8 Å². The number of halogens is 2. The number of hydrazone groups is 1. The molecule has 0 N–H and O–H groups in total. The summed E-state index contributed by atoms with van der Waals surface area (Å²) in [4.78, 5) is 17.4. The van der Waals surface area contributed by atoms with Crippen LogP contribution in [0.1, 0.15) is 42.6 Å². The highest BCUT2D eigenvalue weighted by Crippen LogP contribution is 2.43. The molecule has 2 aliphatic rings. The van der Waals surface area contributed by atoms with Crippen molar-refractivity contribution in [2.45, 2.75) is 39.5 Å². The van der Waals surface area contributed by atoms with Gasteiger partial charge in [-0.05, 0) is 80.4 Å². The van der Waals surface area contributed by atoms with Gasteiger partial charge in [-0.2, -0.15) is 0 Å². The van der Waals surface area contributed by atoms with Crippen LogP contribution in [-0.4, -0.2) is 24.7 Å². The van der Waals surface area contributed by atoms with E-state index in [9.17, 15) is 9.18 Å². The average Bonchev–Trinajstić information content (AvgIpc) is 3.67. The third-order valence-corrected chi connectivity index (χ3v) is 7.95. The van der Waals surface area contributed by atoms with Crippen LogP contribution in [0.3, 0.4) is 0 Å². The molecule has 0 bridgehead atoms. The summed E-state index contributed by atoms with van der Waals surface area (Å²) in [5, 5.41) is 7.20. The summed E-state index contributed by atoms with van der Waals surface area (Å²) in [6.07, 6.45) is 1.78. The normalized spacial score (nSPS) is 16.6. The smallest absolute Gasteiger partial charge is 0.198 e. The van der Waals surface area contributed by atoms with Gasteiger partial charge in [0.05, 0.1) is 5.69 Å². The maximum absolute atomic E-state index is 14.5. The van der Waals surface area contributed by atoms with E-state index in [0.717, 1.165) is 35.7 Å². The molecule has 1 atom stereocenters. The highest BCUT2D eigenvalue weighted by molar-refractivity contribution is 6.44. The molecule has 6 rings (SSSR count). The second kappa shape index (κ2) is 11.9. The Bertz CT molecular complexity index is 1620. The Morgan fingerprint density at radius 1 is 0.929 bits per heavy atom. The van der Waals surface area contributed by atoms with E-state index in [2.05, 4.69) is 17.0 Å². The number of hydrogen-bond donors (Lipinski definition) is 0. The minimum Gasteiger partial charge on any atom is -0.488 e. The summed E-state index contributed by atoms with van der Waals surface area (Å²) < 4.78 is 20.7. The number of nitrogens with zero attached hydrogens (tertiary/aromatic N) is 4. The van der Waals surface area contributed by atoms with Crippen molar-refractivity contribution >= 4 is 40.3 Å². The van der Waals surface area contributed by atoms with Gasteiger partial charge in [0.15, 0.2) is 17.8 Å². The van der Waals surface area contributed by atoms with Gasteiger partial charge in [0.1, 0.15) is 18.2 Å². The molecule has 8 heteroatoms. The maximum Gasteiger partial charge on any atom is 0.198 e. The lowest BCUT2D eigenvalue weighted by atomic mass is 10.1. The molecule has 1 unspecified atom stereocenters. The number of benzene rings is 4. The number of anilines is 3. The molecule has 1 fully saturated rings. The molecule has 0 saturated carbocycles. The minimum absolute atomic E-state index is 0.0313. The fourth-order valence-electron chi connectivity index (χ4n) is 5.52. The number of rotatable bonds is 8. The van der Waals surface area contributed by atoms with Crippen molar-refractivity contribution in [3.05, 3.63) is 119 Å². The molecule has 0 aromatic heterocycles. The fraction of sp³-hybridized carbons (Fsp3) is 0.235. The Labute approximate surface area is 250 Å². The van der Waals surface area contributed by atoms with Gasteiger partial charge in [-0.15, -0.1) is 5.10 Å². The van der Waals surface area contributed by atoms with Crippen LogP contribution < -0.4 is 19.5 Å². The Balaban J connectivity index is 1.45. The third-order valence-electron chi connectivity index (χ3n) is 7.71. The second-order valence-electron chi connectivity index (χ2n) is 10.7. The Morgan fingerprint density at radius 2 is 1.60 bits per heavy atom. The molecule has 1 saturated heterocycles. The first-order chi connectivity index (χ1) is 20.4. The van der Waals surface area contributed by atoms with Crippen molar-refractivity contribution < 1.29 is 13.9 Å². The number of carbonyl (C=O) groups excluding carboxylic acids is 1. The van der Waals surface area contributed by atoms with Gasteiger partial charge < -0.3 is 9.64 Å². The molecule has 0 amide bonds. The molecule has 4 aromatic rings. The number of Topliss-reactive ketones (excluding diaryl/α,β-unsaturated/α-hetero) is 1. The van der Waals surface area contributed by atoms with Gasteiger partial charge in [0.25, 0.3) is 0 Å². The van der Waals surface area contributed by atoms with Crippen LogP contribution in [0.2, 0.25) is 5.02 Å². The predicted molar refractivity (Wildman–Crippen MR) is 167 cm³/mol. The van der Waals surface area contributed by atoms with Gasteiger partial charge in [0, 0.05) is 47.5 Å². The monoisotopic (exact) mass is 582 g/mol. The van der Waals surface area contributed by atoms with E-state index < -0.39 is 6.17 Å². The molecule has 42 heavy (non-hydrogen) atoms. The van der Waals surface area contributed by atoms with Gasteiger partial charge in [-0.25, -0.2) is 9.40 Å². The summed E-state index contributed by atoms with van der Waals surface area (Å²) in [7, 11) is 0. The lowest BCUT2D eigenvalue weighted by molar-refractivity contribution is -0.111. The molecular formula is C34H32ClFN4O2. The largest absolute Gasteiger partial charge is 0.488 e. The Kier molecular flexibility index (Phi) is 7.85. The van der Waals surface area contributed by atoms with Crippen molar-refractivity contribution in [3.8, 4) is 5.75 Å². The first-order valence-electron chi connectivity index (χ1n) is 14.1. The first kappa shape index (κ1) is 27.8. The lowest BCUT2D eigenvalue weighted by Gasteiger charge is -2.33. The van der Waals surface area contributed by atoms with E-state index in [1.807, 2.05) is 59.3 Å². The van der Waals surface area contributed by atoms with Crippen molar-refractivity contribution in [1.82, 2.24) is 0 Å². The number of ketones is 1. The molecular weight excluding hydrogens is 551 g/mol. The Hall–Kier alpha value is -4.36. The van der Waals surface area contributed by atoms with Crippen molar-refractivity contribution in [2.24, 2.45) is 5.10 Å². The lowest BCUT2D eigenvalue weighted by Crippen LogP contribution is -2.38. The van der Waals surface area contributed by atoms with Gasteiger partial charge in [-0.1, -0.05) is 47.5 Å². The van der Waals surface area contributed by atoms with Crippen LogP contribution in [0, 0.1) is 12.7 Å². The number of ether oxygens (including phenoxy) is 1. The summed E-state index contributed by atoms with van der Waals surface area (Å²) in [6, 6.07) is 28.1. The van der Waals surface area contributed by atoms with Crippen molar-refractivity contribution in [2.75, 3.05) is 27.9 Å². The number of carbonyl (C=O) groups is 1. The third kappa shape index (κ3) is 5.57. The van der Waals surface area contributed by atoms with Crippen molar-refractivity contribution in [3.63, 3.8) is 0 Å². The topological polar surface area (TPSA) is 48.4 Å². The van der Waals surface area contributed by atoms with Crippen LogP contribution in [0.4, 0.5) is 21.5 Å². The molecule has 6 nitrogen and oxygen atoms in total. The molecule has 0 radical (unpaired) electrons. The van der Waals surface area contributed by atoms with E-state index in [1.54, 1.807) is 30.3 Å². The molecule has 2 heterocycles. The van der Waals surface area contributed by atoms with Crippen LogP contribution in [0.15, 0.2) is 96.1 Å². The average molecular weight is 583 g/mol. The van der Waals surface area contributed by atoms with E-state index in [4.69, 9.17) is 21.4 Å². The van der Waals surface area contributed by atoms with Gasteiger partial charge in [0.2, 0.25) is 0 Å². The summed E-state index contributed by atoms with van der Waals surface area (Å²) in [5.74, 6) is 0.309. The zero-order valence-electron chi connectivity index (χ0n) is 23.6. The van der Waals surface area contributed by atoms with Crippen LogP contribution in [0.25, 0.3) is 0 Å². The van der Waals surface area contributed by atoms with Crippen molar-refractivity contribution in [1.29, 1.82) is 0 Å². The van der Waals surface area contributed by atoms with Crippen LogP contribution in [0.5, 0.6) is 5.75 Å². The quantitative estimate of drug-likeness (QED) is 0.211. The SMILES string of the molecule is CC(=O)C1=NN(c2ccc(C)cc2)C(c2cc(Cl)ccc2OCc2ccccc2F)N1c1ccc(N2CCCC2)cc1. The minimum atomic E-state index is -0.599. The molecule has 0 aliphatic carbocycles. The zero-order chi connectivity index (χ0) is 29.2. The number of hydrogen-bond acceptors (Lipinski definition) is 6. The predicted octanol–water partition coefficient (Wildman–Crippen LogP) is 7.89. The first-order valence-corrected chi connectivity index (χ1v) is 14.5. The molecule has 4 aromatic carbocycles. The number of aryl methyl sites for hydroxylation is 1. The fourth-order valence-corrected chi connectivity index (χ4v) is 5.70. The Morgan fingerprint density at radius 3 is 2.29 bits per heavy atom. The summed E-state index contributed by atoms with van der Waals surface area (Å²) in [5.41, 5.74) is 5.02. The van der Waals surface area contributed by atoms with Crippen LogP contribution in [-0.2, 0) is 11.4 Å². The molecule has 0 spiro atoms. The van der Waals surface area contributed by atoms with Gasteiger partial charge >= 0.3 is 0 Å². The van der Waals surface area contributed by atoms with E-state index >= 15 is 0 Å². The molecule has 2 aliphatic heterocycles. The second-order valence-corrected chi connectivity index (χ2v) is 11.1. The maximum atomic E-state index is 14.5. The van der Waals surface area contributed by atoms with E-state index in [0.29, 0.717) is 27.7 Å². The highest BCUT2D eigenvalue weighted by atomic mass is 35.5. The van der Waals surface area contributed by atoms with Gasteiger partial charge in [-0.3, -0.25) is 9.69 Å².